The molecule has 0 aliphatic heterocycles. The van der Waals surface area contributed by atoms with Crippen molar-refractivity contribution < 1.29 is 9.59 Å². The fourth-order valence-electron chi connectivity index (χ4n) is 1.87. The van der Waals surface area contributed by atoms with E-state index in [0.717, 1.165) is 6.54 Å². The summed E-state index contributed by atoms with van der Waals surface area (Å²) < 4.78 is 0. The smallest absolute Gasteiger partial charge is 0.226 e. The van der Waals surface area contributed by atoms with Gasteiger partial charge in [0.15, 0.2) is 0 Å². The minimum Gasteiger partial charge on any atom is -0.326 e. The second-order valence-electron chi connectivity index (χ2n) is 5.44. The van der Waals surface area contributed by atoms with Gasteiger partial charge in [0, 0.05) is 29.8 Å². The average Bonchev–Trinajstić information content (AvgIpc) is 2.38. The summed E-state index contributed by atoms with van der Waals surface area (Å²) in [5, 5.41) is 8.85. The van der Waals surface area contributed by atoms with Crippen LogP contribution in [-0.4, -0.2) is 24.4 Å². The van der Waals surface area contributed by atoms with E-state index >= 15 is 0 Å². The highest BCUT2D eigenvalue weighted by atomic mass is 16.2. The Kier molecular flexibility index (Phi) is 6.88. The van der Waals surface area contributed by atoms with Crippen LogP contribution in [0.5, 0.6) is 0 Å². The Morgan fingerprint density at radius 3 is 2.29 bits per heavy atom. The van der Waals surface area contributed by atoms with Crippen molar-refractivity contribution in [2.24, 2.45) is 5.92 Å². The van der Waals surface area contributed by atoms with E-state index in [0.29, 0.717) is 17.8 Å². The minimum atomic E-state index is -0.0794. The molecule has 0 aliphatic rings. The highest BCUT2D eigenvalue weighted by molar-refractivity contribution is 5.94. The summed E-state index contributed by atoms with van der Waals surface area (Å²) in [6, 6.07) is 7.31. The van der Waals surface area contributed by atoms with Crippen molar-refractivity contribution in [2.75, 3.05) is 17.2 Å². The van der Waals surface area contributed by atoms with Gasteiger partial charge in [0.05, 0.1) is 0 Å². The van der Waals surface area contributed by atoms with Gasteiger partial charge in [-0.05, 0) is 31.7 Å². The van der Waals surface area contributed by atoms with Gasteiger partial charge in [-0.25, -0.2) is 0 Å². The van der Waals surface area contributed by atoms with Crippen molar-refractivity contribution >= 4 is 23.2 Å². The van der Waals surface area contributed by atoms with Crippen LogP contribution in [0.3, 0.4) is 0 Å². The first-order valence-electron chi connectivity index (χ1n) is 7.36. The molecule has 0 radical (unpaired) electrons. The molecule has 1 aromatic rings. The van der Waals surface area contributed by atoms with E-state index in [1.54, 1.807) is 24.3 Å². The van der Waals surface area contributed by atoms with Crippen molar-refractivity contribution in [3.63, 3.8) is 0 Å². The summed E-state index contributed by atoms with van der Waals surface area (Å²) in [7, 11) is 0. The summed E-state index contributed by atoms with van der Waals surface area (Å²) in [4.78, 5) is 23.6. The third-order valence-electron chi connectivity index (χ3n) is 2.98. The van der Waals surface area contributed by atoms with E-state index in [-0.39, 0.29) is 23.8 Å². The molecule has 1 rings (SSSR count). The van der Waals surface area contributed by atoms with Gasteiger partial charge in [-0.2, -0.15) is 0 Å². The molecule has 0 saturated heterocycles. The zero-order valence-corrected chi connectivity index (χ0v) is 13.2. The van der Waals surface area contributed by atoms with Crippen molar-refractivity contribution in [2.45, 2.75) is 40.2 Å². The molecule has 21 heavy (non-hydrogen) atoms. The van der Waals surface area contributed by atoms with E-state index in [2.05, 4.69) is 16.0 Å². The SMILES string of the molecule is CCNC(C)CC(=O)Nc1cccc(NC(=O)C(C)C)c1. The van der Waals surface area contributed by atoms with Crippen molar-refractivity contribution in [1.29, 1.82) is 0 Å². The Bertz CT molecular complexity index is 486. The highest BCUT2D eigenvalue weighted by Crippen LogP contribution is 2.16. The van der Waals surface area contributed by atoms with Crippen LogP contribution in [0.2, 0.25) is 0 Å². The normalized spacial score (nSPS) is 12.0. The summed E-state index contributed by atoms with van der Waals surface area (Å²) in [5.74, 6) is -0.167. The lowest BCUT2D eigenvalue weighted by Crippen LogP contribution is -2.30. The lowest BCUT2D eigenvalue weighted by molar-refractivity contribution is -0.119. The summed E-state index contributed by atoms with van der Waals surface area (Å²) >= 11 is 0. The molecule has 1 atom stereocenters. The molecule has 0 spiro atoms. The van der Waals surface area contributed by atoms with Crippen LogP contribution in [0.15, 0.2) is 24.3 Å². The quantitative estimate of drug-likeness (QED) is 0.723. The summed E-state index contributed by atoms with van der Waals surface area (Å²) in [5.41, 5.74) is 1.37. The van der Waals surface area contributed by atoms with Gasteiger partial charge < -0.3 is 16.0 Å². The second-order valence-corrected chi connectivity index (χ2v) is 5.44. The Morgan fingerprint density at radius 2 is 1.71 bits per heavy atom. The summed E-state index contributed by atoms with van der Waals surface area (Å²) in [6.45, 7) is 8.50. The number of amides is 2. The van der Waals surface area contributed by atoms with E-state index in [9.17, 15) is 9.59 Å². The Hall–Kier alpha value is -1.88. The first-order valence-corrected chi connectivity index (χ1v) is 7.36. The largest absolute Gasteiger partial charge is 0.326 e. The van der Waals surface area contributed by atoms with E-state index < -0.39 is 0 Å². The van der Waals surface area contributed by atoms with Gasteiger partial charge in [0.2, 0.25) is 11.8 Å². The predicted octanol–water partition coefficient (Wildman–Crippen LogP) is 2.61. The standard InChI is InChI=1S/C16H25N3O2/c1-5-17-12(4)9-15(20)18-13-7-6-8-14(10-13)19-16(21)11(2)3/h6-8,10-12,17H,5,9H2,1-4H3,(H,18,20)(H,19,21). The van der Waals surface area contributed by atoms with Crippen LogP contribution in [0.4, 0.5) is 11.4 Å². The number of hydrogen-bond acceptors (Lipinski definition) is 3. The van der Waals surface area contributed by atoms with Crippen LogP contribution in [0.25, 0.3) is 0 Å². The maximum atomic E-state index is 11.9. The molecule has 0 aromatic heterocycles. The van der Waals surface area contributed by atoms with E-state index in [4.69, 9.17) is 0 Å². The lowest BCUT2D eigenvalue weighted by Gasteiger charge is -2.13. The molecule has 0 saturated carbocycles. The molecule has 1 aromatic carbocycles. The number of carbonyl (C=O) groups excluding carboxylic acids is 2. The molecule has 116 valence electrons. The number of benzene rings is 1. The van der Waals surface area contributed by atoms with E-state index in [1.807, 2.05) is 27.7 Å². The number of rotatable bonds is 7. The number of nitrogens with one attached hydrogen (secondary N) is 3. The van der Waals surface area contributed by atoms with Crippen molar-refractivity contribution in [1.82, 2.24) is 5.32 Å². The van der Waals surface area contributed by atoms with Crippen LogP contribution < -0.4 is 16.0 Å². The topological polar surface area (TPSA) is 70.2 Å². The average molecular weight is 291 g/mol. The Balaban J connectivity index is 2.60. The van der Waals surface area contributed by atoms with Crippen molar-refractivity contribution in [3.05, 3.63) is 24.3 Å². The third-order valence-corrected chi connectivity index (χ3v) is 2.98. The first-order chi connectivity index (χ1) is 9.92. The van der Waals surface area contributed by atoms with Gasteiger partial charge in [-0.1, -0.05) is 26.8 Å². The van der Waals surface area contributed by atoms with Crippen LogP contribution >= 0.6 is 0 Å². The zero-order chi connectivity index (χ0) is 15.8. The number of carbonyl (C=O) groups is 2. The van der Waals surface area contributed by atoms with Gasteiger partial charge >= 0.3 is 0 Å². The van der Waals surface area contributed by atoms with Crippen LogP contribution in [-0.2, 0) is 9.59 Å². The molecule has 5 heteroatoms. The predicted molar refractivity (Wildman–Crippen MR) is 86.3 cm³/mol. The molecular weight excluding hydrogens is 266 g/mol. The number of anilines is 2. The number of hydrogen-bond donors (Lipinski definition) is 3. The van der Waals surface area contributed by atoms with Gasteiger partial charge in [-0.15, -0.1) is 0 Å². The van der Waals surface area contributed by atoms with Gasteiger partial charge in [0.25, 0.3) is 0 Å². The molecule has 2 amide bonds. The van der Waals surface area contributed by atoms with Gasteiger partial charge in [-0.3, -0.25) is 9.59 Å². The monoisotopic (exact) mass is 291 g/mol. The molecule has 0 heterocycles. The van der Waals surface area contributed by atoms with Crippen LogP contribution in [0.1, 0.15) is 34.1 Å². The fraction of sp³-hybridized carbons (Fsp3) is 0.500. The van der Waals surface area contributed by atoms with Gasteiger partial charge in [0.1, 0.15) is 0 Å². The Morgan fingerprint density at radius 1 is 1.10 bits per heavy atom. The molecule has 1 unspecified atom stereocenters. The fourth-order valence-corrected chi connectivity index (χ4v) is 1.87. The first kappa shape index (κ1) is 17.2. The molecular formula is C16H25N3O2. The lowest BCUT2D eigenvalue weighted by atomic mass is 10.2. The molecule has 5 nitrogen and oxygen atoms in total. The molecule has 0 fully saturated rings. The minimum absolute atomic E-state index is 0.0424. The third kappa shape index (κ3) is 6.40. The summed E-state index contributed by atoms with van der Waals surface area (Å²) in [6.07, 6.45) is 0.413. The highest BCUT2D eigenvalue weighted by Gasteiger charge is 2.10. The maximum Gasteiger partial charge on any atom is 0.226 e. The van der Waals surface area contributed by atoms with Crippen molar-refractivity contribution in [3.8, 4) is 0 Å². The van der Waals surface area contributed by atoms with E-state index in [1.165, 1.54) is 0 Å². The van der Waals surface area contributed by atoms with Crippen LogP contribution in [0, 0.1) is 5.92 Å². The Labute approximate surface area is 126 Å². The second kappa shape index (κ2) is 8.42. The molecule has 3 N–H and O–H groups in total. The molecule has 0 aliphatic carbocycles. The maximum absolute atomic E-state index is 11.9. The zero-order valence-electron chi connectivity index (χ0n) is 13.2. The molecule has 0 bridgehead atoms.